The molecule has 3 heterocycles. The molecule has 3 rings (SSSR count). The summed E-state index contributed by atoms with van der Waals surface area (Å²) in [6.45, 7) is 1.76. The van der Waals surface area contributed by atoms with E-state index >= 15 is 0 Å². The standard InChI is InChI=1S/C14H20N2OS2/c1-15-11-3-2-5-16(8-11)14(17)13-7-10-9-18-6-4-12(10)19-13/h7,11,15H,2-6,8-9H2,1H3. The number of aryl methyl sites for hydroxylation is 1. The van der Waals surface area contributed by atoms with Crippen LogP contribution in [0, 0.1) is 0 Å². The van der Waals surface area contributed by atoms with Crippen LogP contribution in [0.4, 0.5) is 0 Å². The van der Waals surface area contributed by atoms with Crippen LogP contribution < -0.4 is 5.32 Å². The third-order valence-corrected chi connectivity index (χ3v) is 6.19. The number of nitrogens with one attached hydrogen (secondary N) is 1. The fourth-order valence-corrected chi connectivity index (χ4v) is 5.15. The maximum absolute atomic E-state index is 12.6. The second-order valence-corrected chi connectivity index (χ2v) is 7.48. The Hall–Kier alpha value is -0.520. The number of rotatable bonds is 2. The summed E-state index contributed by atoms with van der Waals surface area (Å²) < 4.78 is 0. The minimum atomic E-state index is 0.240. The quantitative estimate of drug-likeness (QED) is 0.909. The highest BCUT2D eigenvalue weighted by Gasteiger charge is 2.26. The monoisotopic (exact) mass is 296 g/mol. The van der Waals surface area contributed by atoms with Crippen molar-refractivity contribution in [1.82, 2.24) is 10.2 Å². The molecule has 3 nitrogen and oxygen atoms in total. The molecule has 1 fully saturated rings. The zero-order valence-corrected chi connectivity index (χ0v) is 12.9. The minimum absolute atomic E-state index is 0.240. The third kappa shape index (κ3) is 2.83. The summed E-state index contributed by atoms with van der Waals surface area (Å²) in [4.78, 5) is 17.0. The SMILES string of the molecule is CNC1CCCN(C(=O)c2cc3c(s2)CCSC3)C1. The number of amides is 1. The molecule has 0 bridgehead atoms. The molecule has 0 aliphatic carbocycles. The van der Waals surface area contributed by atoms with Crippen LogP contribution >= 0.6 is 23.1 Å². The summed E-state index contributed by atoms with van der Waals surface area (Å²) in [5, 5.41) is 3.30. The first kappa shape index (κ1) is 13.5. The first-order chi connectivity index (χ1) is 9.28. The van der Waals surface area contributed by atoms with Gasteiger partial charge >= 0.3 is 0 Å². The van der Waals surface area contributed by atoms with E-state index in [0.29, 0.717) is 6.04 Å². The molecule has 2 aliphatic heterocycles. The maximum Gasteiger partial charge on any atom is 0.263 e. The van der Waals surface area contributed by atoms with Crippen LogP contribution in [0.1, 0.15) is 33.0 Å². The Balaban J connectivity index is 1.74. The summed E-state index contributed by atoms with van der Waals surface area (Å²) in [6, 6.07) is 2.60. The van der Waals surface area contributed by atoms with Gasteiger partial charge in [-0.3, -0.25) is 4.79 Å². The lowest BCUT2D eigenvalue weighted by atomic mass is 10.1. The molecule has 0 aromatic carbocycles. The topological polar surface area (TPSA) is 32.3 Å². The average Bonchev–Trinajstić information content (AvgIpc) is 2.90. The molecule has 1 amide bonds. The van der Waals surface area contributed by atoms with Crippen LogP contribution in [0.15, 0.2) is 6.07 Å². The summed E-state index contributed by atoms with van der Waals surface area (Å²) in [6.07, 6.45) is 3.42. The van der Waals surface area contributed by atoms with Gasteiger partial charge in [0, 0.05) is 29.8 Å². The first-order valence-electron chi connectivity index (χ1n) is 6.94. The predicted molar refractivity (Wildman–Crippen MR) is 82.2 cm³/mol. The number of likely N-dealkylation sites (tertiary alicyclic amines) is 1. The number of thiophene rings is 1. The van der Waals surface area contributed by atoms with Gasteiger partial charge in [-0.05, 0) is 43.7 Å². The highest BCUT2D eigenvalue weighted by Crippen LogP contribution is 2.32. The number of thioether (sulfide) groups is 1. The molecule has 1 atom stereocenters. The predicted octanol–water partition coefficient (Wildman–Crippen LogP) is 2.36. The Morgan fingerprint density at radius 2 is 2.42 bits per heavy atom. The molecule has 0 saturated carbocycles. The molecule has 1 unspecified atom stereocenters. The second-order valence-electron chi connectivity index (χ2n) is 5.24. The van der Waals surface area contributed by atoms with Crippen molar-refractivity contribution in [2.75, 3.05) is 25.9 Å². The van der Waals surface area contributed by atoms with Crippen molar-refractivity contribution < 1.29 is 4.79 Å². The molecular formula is C14H20N2OS2. The van der Waals surface area contributed by atoms with Crippen LogP contribution in [-0.2, 0) is 12.2 Å². The Bertz CT molecular complexity index is 449. The van der Waals surface area contributed by atoms with E-state index in [2.05, 4.69) is 11.4 Å². The molecule has 19 heavy (non-hydrogen) atoms. The van der Waals surface area contributed by atoms with Gasteiger partial charge in [0.25, 0.3) is 5.91 Å². The van der Waals surface area contributed by atoms with Gasteiger partial charge in [0.2, 0.25) is 0 Å². The summed E-state index contributed by atoms with van der Waals surface area (Å²) >= 11 is 3.69. The number of carbonyl (C=O) groups is 1. The Kier molecular flexibility index (Phi) is 4.15. The zero-order valence-electron chi connectivity index (χ0n) is 11.3. The van der Waals surface area contributed by atoms with Gasteiger partial charge < -0.3 is 10.2 Å². The Morgan fingerprint density at radius 3 is 3.21 bits per heavy atom. The largest absolute Gasteiger partial charge is 0.336 e. The normalized spacial score (nSPS) is 23.2. The lowest BCUT2D eigenvalue weighted by molar-refractivity contribution is 0.0703. The van der Waals surface area contributed by atoms with E-state index in [1.54, 1.807) is 11.3 Å². The fraction of sp³-hybridized carbons (Fsp3) is 0.643. The number of hydrogen-bond acceptors (Lipinski definition) is 4. The number of carbonyl (C=O) groups excluding carboxylic acids is 1. The van der Waals surface area contributed by atoms with Crippen LogP contribution in [0.5, 0.6) is 0 Å². The second kappa shape index (κ2) is 5.85. The smallest absolute Gasteiger partial charge is 0.263 e. The van der Waals surface area contributed by atoms with Crippen LogP contribution in [0.25, 0.3) is 0 Å². The van der Waals surface area contributed by atoms with E-state index in [1.165, 1.54) is 22.6 Å². The molecular weight excluding hydrogens is 276 g/mol. The third-order valence-electron chi connectivity index (χ3n) is 3.96. The van der Waals surface area contributed by atoms with Gasteiger partial charge in [-0.1, -0.05) is 0 Å². The Morgan fingerprint density at radius 1 is 1.53 bits per heavy atom. The molecule has 0 radical (unpaired) electrons. The van der Waals surface area contributed by atoms with Crippen molar-refractivity contribution in [3.63, 3.8) is 0 Å². The van der Waals surface area contributed by atoms with E-state index < -0.39 is 0 Å². The van der Waals surface area contributed by atoms with Crippen molar-refractivity contribution in [3.8, 4) is 0 Å². The molecule has 104 valence electrons. The van der Waals surface area contributed by atoms with Gasteiger partial charge in [0.05, 0.1) is 4.88 Å². The Labute approximate surface area is 122 Å². The number of nitrogens with zero attached hydrogens (tertiary/aromatic N) is 1. The first-order valence-corrected chi connectivity index (χ1v) is 8.91. The van der Waals surface area contributed by atoms with E-state index in [9.17, 15) is 4.79 Å². The number of hydrogen-bond donors (Lipinski definition) is 1. The number of likely N-dealkylation sites (N-methyl/N-ethyl adjacent to an activating group) is 1. The molecule has 2 aliphatic rings. The summed E-state index contributed by atoms with van der Waals surface area (Å²) in [5.74, 6) is 2.52. The molecule has 1 aromatic rings. The van der Waals surface area contributed by atoms with E-state index in [-0.39, 0.29) is 5.91 Å². The van der Waals surface area contributed by atoms with Crippen molar-refractivity contribution in [2.45, 2.75) is 31.1 Å². The number of piperidine rings is 1. The van der Waals surface area contributed by atoms with Crippen LogP contribution in [-0.4, -0.2) is 42.7 Å². The highest BCUT2D eigenvalue weighted by atomic mass is 32.2. The van der Waals surface area contributed by atoms with Crippen molar-refractivity contribution in [2.24, 2.45) is 0 Å². The lowest BCUT2D eigenvalue weighted by Crippen LogP contribution is -2.46. The van der Waals surface area contributed by atoms with Gasteiger partial charge in [-0.25, -0.2) is 0 Å². The van der Waals surface area contributed by atoms with Crippen LogP contribution in [0.3, 0.4) is 0 Å². The van der Waals surface area contributed by atoms with Gasteiger partial charge in [-0.15, -0.1) is 11.3 Å². The van der Waals surface area contributed by atoms with E-state index in [0.717, 1.165) is 36.6 Å². The van der Waals surface area contributed by atoms with E-state index in [1.807, 2.05) is 23.7 Å². The minimum Gasteiger partial charge on any atom is -0.336 e. The van der Waals surface area contributed by atoms with Crippen molar-refractivity contribution in [3.05, 3.63) is 21.4 Å². The molecule has 5 heteroatoms. The molecule has 0 spiro atoms. The van der Waals surface area contributed by atoms with Gasteiger partial charge in [-0.2, -0.15) is 11.8 Å². The average molecular weight is 296 g/mol. The summed E-state index contributed by atoms with van der Waals surface area (Å²) in [7, 11) is 1.99. The summed E-state index contributed by atoms with van der Waals surface area (Å²) in [5.41, 5.74) is 1.40. The number of fused-ring (bicyclic) bond motifs is 1. The zero-order chi connectivity index (χ0) is 13.2. The van der Waals surface area contributed by atoms with Gasteiger partial charge in [0.1, 0.15) is 0 Å². The van der Waals surface area contributed by atoms with Crippen LogP contribution in [0.2, 0.25) is 0 Å². The lowest BCUT2D eigenvalue weighted by Gasteiger charge is -2.32. The maximum atomic E-state index is 12.6. The van der Waals surface area contributed by atoms with Crippen molar-refractivity contribution >= 4 is 29.0 Å². The highest BCUT2D eigenvalue weighted by molar-refractivity contribution is 7.98. The van der Waals surface area contributed by atoms with E-state index in [4.69, 9.17) is 0 Å². The molecule has 1 aromatic heterocycles. The van der Waals surface area contributed by atoms with Gasteiger partial charge in [0.15, 0.2) is 0 Å². The molecule has 1 saturated heterocycles. The van der Waals surface area contributed by atoms with Crippen molar-refractivity contribution in [1.29, 1.82) is 0 Å². The fourth-order valence-electron chi connectivity index (χ4n) is 2.81. The molecule has 1 N–H and O–H groups in total.